The first kappa shape index (κ1) is 13.0. The molecule has 0 spiro atoms. The normalized spacial score (nSPS) is 12.1. The van der Waals surface area contributed by atoms with Crippen molar-refractivity contribution in [3.8, 4) is 0 Å². The maximum absolute atomic E-state index is 12.8. The number of hydrogen-bond donors (Lipinski definition) is 1. The number of benzene rings is 1. The van der Waals surface area contributed by atoms with Crippen molar-refractivity contribution < 1.29 is 18.3 Å². The topological polar surface area (TPSA) is 46.0 Å². The second-order valence-corrected chi connectivity index (χ2v) is 3.96. The Bertz CT molecular complexity index is 586. The Morgan fingerprint density at radius 3 is 2.56 bits per heavy atom. The van der Waals surface area contributed by atoms with Crippen LogP contribution >= 0.6 is 11.6 Å². The number of alkyl halides is 3. The second kappa shape index (κ2) is 4.70. The molecule has 0 aliphatic carbocycles. The van der Waals surface area contributed by atoms with Gasteiger partial charge in [-0.05, 0) is 12.1 Å². The smallest absolute Gasteiger partial charge is 0.396 e. The van der Waals surface area contributed by atoms with Gasteiger partial charge in [-0.2, -0.15) is 13.2 Å². The third kappa shape index (κ3) is 2.39. The minimum absolute atomic E-state index is 0.0467. The van der Waals surface area contributed by atoms with Crippen LogP contribution in [0.1, 0.15) is 11.4 Å². The van der Waals surface area contributed by atoms with Crippen molar-refractivity contribution in [2.45, 2.75) is 12.6 Å². The molecule has 1 heterocycles. The van der Waals surface area contributed by atoms with Crippen molar-refractivity contribution in [2.75, 3.05) is 6.61 Å². The molecule has 0 aliphatic heterocycles. The lowest BCUT2D eigenvalue weighted by atomic mass is 10.1. The van der Waals surface area contributed by atoms with Crippen LogP contribution in [0.15, 0.2) is 18.2 Å². The minimum atomic E-state index is -4.51. The first-order chi connectivity index (χ1) is 8.43. The first-order valence-electron chi connectivity index (χ1n) is 5.06. The molecule has 0 unspecified atom stereocenters. The Kier molecular flexibility index (Phi) is 3.41. The quantitative estimate of drug-likeness (QED) is 0.858. The molecule has 0 radical (unpaired) electrons. The summed E-state index contributed by atoms with van der Waals surface area (Å²) in [7, 11) is 0. The van der Waals surface area contributed by atoms with Crippen molar-refractivity contribution in [3.63, 3.8) is 0 Å². The average molecular weight is 277 g/mol. The fourth-order valence-electron chi connectivity index (χ4n) is 1.60. The number of aliphatic hydroxyl groups excluding tert-OH is 1. The van der Waals surface area contributed by atoms with Gasteiger partial charge >= 0.3 is 6.18 Å². The van der Waals surface area contributed by atoms with Crippen LogP contribution in [0.25, 0.3) is 10.9 Å². The van der Waals surface area contributed by atoms with Crippen molar-refractivity contribution >= 4 is 22.5 Å². The van der Waals surface area contributed by atoms with Crippen molar-refractivity contribution in [1.29, 1.82) is 0 Å². The Balaban J connectivity index is 2.74. The highest BCUT2D eigenvalue weighted by atomic mass is 35.5. The van der Waals surface area contributed by atoms with Crippen LogP contribution in [0, 0.1) is 0 Å². The molecule has 18 heavy (non-hydrogen) atoms. The average Bonchev–Trinajstić information content (AvgIpc) is 2.27. The molecule has 1 aromatic carbocycles. The van der Waals surface area contributed by atoms with Gasteiger partial charge in [0.25, 0.3) is 0 Å². The maximum Gasteiger partial charge on any atom is 0.418 e. The largest absolute Gasteiger partial charge is 0.418 e. The van der Waals surface area contributed by atoms with Gasteiger partial charge in [-0.3, -0.25) is 0 Å². The molecule has 2 aromatic rings. The lowest BCUT2D eigenvalue weighted by molar-refractivity contribution is -0.136. The van der Waals surface area contributed by atoms with E-state index in [1.807, 2.05) is 0 Å². The van der Waals surface area contributed by atoms with E-state index in [9.17, 15) is 13.2 Å². The summed E-state index contributed by atoms with van der Waals surface area (Å²) in [6.07, 6.45) is -4.45. The van der Waals surface area contributed by atoms with Crippen LogP contribution in [0.4, 0.5) is 13.2 Å². The summed E-state index contributed by atoms with van der Waals surface area (Å²) < 4.78 is 38.4. The predicted molar refractivity (Wildman–Crippen MR) is 60.3 cm³/mol. The minimum Gasteiger partial charge on any atom is -0.396 e. The lowest BCUT2D eigenvalue weighted by Gasteiger charge is -2.11. The maximum atomic E-state index is 12.8. The second-order valence-electron chi connectivity index (χ2n) is 3.60. The molecular weight excluding hydrogens is 269 g/mol. The molecule has 1 aromatic heterocycles. The summed E-state index contributed by atoms with van der Waals surface area (Å²) in [5.41, 5.74) is -1.10. The van der Waals surface area contributed by atoms with Gasteiger partial charge in [0.15, 0.2) is 0 Å². The zero-order valence-electron chi connectivity index (χ0n) is 9.00. The number of nitrogens with zero attached hydrogens (tertiary/aromatic N) is 2. The van der Waals surface area contributed by atoms with Gasteiger partial charge in [-0.25, -0.2) is 9.97 Å². The number of fused-ring (bicyclic) bond motifs is 1. The number of halogens is 4. The molecule has 3 nitrogen and oxygen atoms in total. The summed E-state index contributed by atoms with van der Waals surface area (Å²) in [6, 6.07) is 3.62. The monoisotopic (exact) mass is 276 g/mol. The molecule has 0 fully saturated rings. The van der Waals surface area contributed by atoms with Crippen LogP contribution in [0.2, 0.25) is 5.15 Å². The highest BCUT2D eigenvalue weighted by Crippen LogP contribution is 2.35. The van der Waals surface area contributed by atoms with Crippen molar-refractivity contribution in [3.05, 3.63) is 34.7 Å². The fourth-order valence-corrected chi connectivity index (χ4v) is 1.85. The Hall–Kier alpha value is -1.40. The van der Waals surface area contributed by atoms with E-state index in [-0.39, 0.29) is 34.9 Å². The van der Waals surface area contributed by atoms with E-state index in [4.69, 9.17) is 16.7 Å². The van der Waals surface area contributed by atoms with Crippen LogP contribution in [-0.2, 0) is 12.6 Å². The molecule has 0 aliphatic rings. The van der Waals surface area contributed by atoms with E-state index < -0.39 is 11.7 Å². The van der Waals surface area contributed by atoms with Gasteiger partial charge in [0, 0.05) is 11.8 Å². The molecule has 0 saturated carbocycles. The van der Waals surface area contributed by atoms with Gasteiger partial charge in [-0.1, -0.05) is 17.7 Å². The van der Waals surface area contributed by atoms with Gasteiger partial charge in [-0.15, -0.1) is 0 Å². The summed E-state index contributed by atoms with van der Waals surface area (Å²) in [5.74, 6) is 0.0895. The van der Waals surface area contributed by atoms with E-state index in [0.29, 0.717) is 0 Å². The molecule has 0 amide bonds. The van der Waals surface area contributed by atoms with Crippen LogP contribution in [0.5, 0.6) is 0 Å². The Labute approximate surface area is 105 Å². The summed E-state index contributed by atoms with van der Waals surface area (Å²) in [4.78, 5) is 7.66. The number of aromatic nitrogens is 2. The highest BCUT2D eigenvalue weighted by Gasteiger charge is 2.33. The SMILES string of the molecule is OCCc1nc(Cl)c2cccc(C(F)(F)F)c2n1. The molecular formula is C11H8ClF3N2O. The number of para-hydroxylation sites is 1. The molecule has 2 rings (SSSR count). The summed E-state index contributed by atoms with van der Waals surface area (Å²) in [6.45, 7) is -0.254. The van der Waals surface area contributed by atoms with Gasteiger partial charge in [0.1, 0.15) is 11.0 Å². The van der Waals surface area contributed by atoms with Gasteiger partial charge in [0.2, 0.25) is 0 Å². The number of rotatable bonds is 2. The van der Waals surface area contributed by atoms with Gasteiger partial charge in [0.05, 0.1) is 17.7 Å². The van der Waals surface area contributed by atoms with Crippen LogP contribution in [0.3, 0.4) is 0 Å². The lowest BCUT2D eigenvalue weighted by Crippen LogP contribution is -2.08. The third-order valence-corrected chi connectivity index (χ3v) is 2.66. The number of hydrogen-bond acceptors (Lipinski definition) is 3. The van der Waals surface area contributed by atoms with E-state index in [1.54, 1.807) is 0 Å². The Morgan fingerprint density at radius 1 is 1.22 bits per heavy atom. The number of aliphatic hydroxyl groups is 1. The van der Waals surface area contributed by atoms with E-state index >= 15 is 0 Å². The molecule has 0 atom stereocenters. The fraction of sp³-hybridized carbons (Fsp3) is 0.273. The predicted octanol–water partition coefficient (Wildman–Crippen LogP) is 2.84. The molecule has 96 valence electrons. The molecule has 7 heteroatoms. The van der Waals surface area contributed by atoms with Crippen molar-refractivity contribution in [1.82, 2.24) is 9.97 Å². The summed E-state index contributed by atoms with van der Waals surface area (Å²) >= 11 is 5.82. The Morgan fingerprint density at radius 2 is 1.94 bits per heavy atom. The van der Waals surface area contributed by atoms with E-state index in [1.165, 1.54) is 12.1 Å². The summed E-state index contributed by atoms with van der Waals surface area (Å²) in [5, 5.41) is 8.87. The molecule has 0 saturated heterocycles. The molecule has 1 N–H and O–H groups in total. The highest BCUT2D eigenvalue weighted by molar-refractivity contribution is 6.34. The van der Waals surface area contributed by atoms with Crippen LogP contribution in [-0.4, -0.2) is 21.7 Å². The van der Waals surface area contributed by atoms with Crippen molar-refractivity contribution in [2.24, 2.45) is 0 Å². The van der Waals surface area contributed by atoms with E-state index in [0.717, 1.165) is 6.07 Å². The zero-order chi connectivity index (χ0) is 13.3. The van der Waals surface area contributed by atoms with Crippen LogP contribution < -0.4 is 0 Å². The molecule has 0 bridgehead atoms. The zero-order valence-corrected chi connectivity index (χ0v) is 9.76. The van der Waals surface area contributed by atoms with Gasteiger partial charge < -0.3 is 5.11 Å². The first-order valence-corrected chi connectivity index (χ1v) is 5.44. The third-order valence-electron chi connectivity index (χ3n) is 2.37. The van der Waals surface area contributed by atoms with E-state index in [2.05, 4.69) is 9.97 Å². The standard InChI is InChI=1S/C11H8ClF3N2O/c12-10-6-2-1-3-7(11(13,14)15)9(6)16-8(17-10)4-5-18/h1-3,18H,4-5H2.